The summed E-state index contributed by atoms with van der Waals surface area (Å²) in [5.74, 6) is 0.266. The molecule has 0 amide bonds. The lowest BCUT2D eigenvalue weighted by atomic mass is 10.1. The van der Waals surface area contributed by atoms with Crippen LogP contribution in [0.25, 0.3) is 0 Å². The molecular weight excluding hydrogens is 265 g/mol. The first-order chi connectivity index (χ1) is 9.19. The van der Waals surface area contributed by atoms with Crippen LogP contribution in [-0.2, 0) is 6.42 Å². The zero-order chi connectivity index (χ0) is 13.7. The van der Waals surface area contributed by atoms with Crippen LogP contribution in [0.2, 0.25) is 0 Å². The molecule has 0 atom stereocenters. The molecule has 0 spiro atoms. The molecule has 1 aromatic carbocycles. The Morgan fingerprint density at radius 1 is 1.42 bits per heavy atom. The van der Waals surface area contributed by atoms with Crippen molar-refractivity contribution in [2.45, 2.75) is 18.5 Å². The van der Waals surface area contributed by atoms with Crippen molar-refractivity contribution in [2.24, 2.45) is 0 Å². The molecule has 0 saturated carbocycles. The highest BCUT2D eigenvalue weighted by Gasteiger charge is 2.03. The van der Waals surface area contributed by atoms with Gasteiger partial charge in [0.15, 0.2) is 5.78 Å². The Morgan fingerprint density at radius 3 is 2.79 bits per heavy atom. The molecule has 1 N–H and O–H groups in total. The zero-order valence-corrected chi connectivity index (χ0v) is 11.1. The number of hydrogen-bond donors (Lipinski definition) is 1. The predicted octanol–water partition coefficient (Wildman–Crippen LogP) is 2.99. The summed E-state index contributed by atoms with van der Waals surface area (Å²) in [6.07, 6.45) is 2.20. The fraction of sp³-hybridized carbons (Fsp3) is 0.154. The molecule has 19 heavy (non-hydrogen) atoms. The maximum absolute atomic E-state index is 12.7. The van der Waals surface area contributed by atoms with Crippen molar-refractivity contribution in [1.82, 2.24) is 15.2 Å². The minimum Gasteiger partial charge on any atom is -0.289 e. The van der Waals surface area contributed by atoms with E-state index < -0.39 is 0 Å². The molecule has 0 bridgehead atoms. The van der Waals surface area contributed by atoms with Gasteiger partial charge in [0.25, 0.3) is 0 Å². The average Bonchev–Trinajstić information content (AvgIpc) is 2.87. The Kier molecular flexibility index (Phi) is 4.46. The molecule has 0 saturated heterocycles. The van der Waals surface area contributed by atoms with Crippen LogP contribution in [-0.4, -0.2) is 21.0 Å². The van der Waals surface area contributed by atoms with Gasteiger partial charge in [0, 0.05) is 12.0 Å². The lowest BCUT2D eigenvalue weighted by Gasteiger charge is -1.94. The first kappa shape index (κ1) is 13.5. The molecule has 1 aromatic heterocycles. The summed E-state index contributed by atoms with van der Waals surface area (Å²) in [7, 11) is 0. The van der Waals surface area contributed by atoms with E-state index in [4.69, 9.17) is 0 Å². The van der Waals surface area contributed by atoms with E-state index in [1.165, 1.54) is 42.1 Å². The minimum atomic E-state index is -0.359. The summed E-state index contributed by atoms with van der Waals surface area (Å²) < 4.78 is 12.7. The molecule has 2 aromatic rings. The number of aromatic amines is 1. The van der Waals surface area contributed by atoms with Gasteiger partial charge in [-0.3, -0.25) is 9.89 Å². The Labute approximate surface area is 114 Å². The molecule has 4 nitrogen and oxygen atoms in total. The van der Waals surface area contributed by atoms with Gasteiger partial charge in [-0.05, 0) is 35.7 Å². The molecule has 98 valence electrons. The summed E-state index contributed by atoms with van der Waals surface area (Å²) >= 11 is 1.25. The summed E-state index contributed by atoms with van der Waals surface area (Å²) in [6, 6.07) is 5.43. The van der Waals surface area contributed by atoms with Gasteiger partial charge in [0.2, 0.25) is 5.16 Å². The van der Waals surface area contributed by atoms with E-state index in [-0.39, 0.29) is 11.6 Å². The van der Waals surface area contributed by atoms with E-state index in [1.54, 1.807) is 5.41 Å². The van der Waals surface area contributed by atoms with Crippen molar-refractivity contribution in [1.29, 1.82) is 0 Å². The highest BCUT2D eigenvalue weighted by atomic mass is 32.2. The van der Waals surface area contributed by atoms with Crippen LogP contribution in [0.1, 0.15) is 23.1 Å². The van der Waals surface area contributed by atoms with Gasteiger partial charge in [-0.25, -0.2) is 9.37 Å². The molecule has 0 aliphatic carbocycles. The third kappa shape index (κ3) is 3.75. The van der Waals surface area contributed by atoms with Gasteiger partial charge < -0.3 is 0 Å². The third-order valence-corrected chi connectivity index (χ3v) is 3.03. The van der Waals surface area contributed by atoms with Crippen molar-refractivity contribution >= 4 is 17.5 Å². The lowest BCUT2D eigenvalue weighted by Crippen LogP contribution is -1.93. The second-order valence-electron chi connectivity index (χ2n) is 3.71. The zero-order valence-electron chi connectivity index (χ0n) is 10.3. The quantitative estimate of drug-likeness (QED) is 0.518. The van der Waals surface area contributed by atoms with Crippen LogP contribution in [0.3, 0.4) is 0 Å². The van der Waals surface area contributed by atoms with Crippen LogP contribution in [0, 0.1) is 5.82 Å². The fourth-order valence-corrected chi connectivity index (χ4v) is 1.93. The molecule has 0 fully saturated rings. The molecule has 6 heteroatoms. The standard InChI is InChI=1S/C13H12FN3OS/c1-2-12-15-13(17-16-12)19-8-7-11(18)9-3-5-10(14)6-4-9/h3-8H,2H2,1H3,(H,15,16,17)/b8-7+. The number of thioether (sulfide) groups is 1. The Balaban J connectivity index is 1.95. The first-order valence-corrected chi connectivity index (χ1v) is 6.61. The number of nitrogens with one attached hydrogen (secondary N) is 1. The maximum atomic E-state index is 12.7. The van der Waals surface area contributed by atoms with Crippen LogP contribution < -0.4 is 0 Å². The van der Waals surface area contributed by atoms with Crippen molar-refractivity contribution in [3.05, 3.63) is 53.0 Å². The van der Waals surface area contributed by atoms with Crippen molar-refractivity contribution in [2.75, 3.05) is 0 Å². The SMILES string of the molecule is CCc1nc(S/C=C/C(=O)c2ccc(F)cc2)n[nH]1. The highest BCUT2D eigenvalue weighted by Crippen LogP contribution is 2.14. The van der Waals surface area contributed by atoms with E-state index in [0.29, 0.717) is 10.7 Å². The van der Waals surface area contributed by atoms with Gasteiger partial charge in [0.05, 0.1) is 0 Å². The van der Waals surface area contributed by atoms with E-state index in [9.17, 15) is 9.18 Å². The van der Waals surface area contributed by atoms with Crippen LogP contribution in [0.4, 0.5) is 4.39 Å². The topological polar surface area (TPSA) is 58.6 Å². The Bertz CT molecular complexity index is 592. The molecular formula is C13H12FN3OS. The third-order valence-electron chi connectivity index (χ3n) is 2.37. The van der Waals surface area contributed by atoms with Gasteiger partial charge >= 0.3 is 0 Å². The van der Waals surface area contributed by atoms with Gasteiger partial charge in [-0.2, -0.15) is 0 Å². The Hall–Kier alpha value is -1.95. The van der Waals surface area contributed by atoms with E-state index in [0.717, 1.165) is 12.2 Å². The van der Waals surface area contributed by atoms with Crippen molar-refractivity contribution in [3.63, 3.8) is 0 Å². The second kappa shape index (κ2) is 6.29. The van der Waals surface area contributed by atoms with Crippen LogP contribution in [0.5, 0.6) is 0 Å². The monoisotopic (exact) mass is 277 g/mol. The molecule has 0 aliphatic rings. The van der Waals surface area contributed by atoms with E-state index >= 15 is 0 Å². The van der Waals surface area contributed by atoms with Crippen molar-refractivity contribution < 1.29 is 9.18 Å². The summed E-state index contributed by atoms with van der Waals surface area (Å²) in [5.41, 5.74) is 0.447. The average molecular weight is 277 g/mol. The smallest absolute Gasteiger partial charge is 0.212 e. The normalized spacial score (nSPS) is 11.1. The molecule has 0 unspecified atom stereocenters. The number of benzene rings is 1. The lowest BCUT2D eigenvalue weighted by molar-refractivity contribution is 0.104. The minimum absolute atomic E-state index is 0.182. The van der Waals surface area contributed by atoms with Gasteiger partial charge in [-0.1, -0.05) is 18.7 Å². The molecule has 2 rings (SSSR count). The summed E-state index contributed by atoms with van der Waals surface area (Å²) in [4.78, 5) is 15.9. The number of rotatable bonds is 5. The fourth-order valence-electron chi connectivity index (χ4n) is 1.36. The number of carbonyl (C=O) groups excluding carboxylic acids is 1. The number of carbonyl (C=O) groups is 1. The first-order valence-electron chi connectivity index (χ1n) is 5.73. The molecule has 0 radical (unpaired) electrons. The largest absolute Gasteiger partial charge is 0.289 e. The summed E-state index contributed by atoms with van der Waals surface area (Å²) in [6.45, 7) is 1.98. The van der Waals surface area contributed by atoms with Crippen molar-refractivity contribution in [3.8, 4) is 0 Å². The van der Waals surface area contributed by atoms with Crippen LogP contribution >= 0.6 is 11.8 Å². The number of H-pyrrole nitrogens is 1. The van der Waals surface area contributed by atoms with Gasteiger partial charge in [0.1, 0.15) is 11.6 Å². The second-order valence-corrected chi connectivity index (χ2v) is 4.58. The van der Waals surface area contributed by atoms with E-state index in [1.807, 2.05) is 6.92 Å². The molecule has 1 heterocycles. The molecule has 0 aliphatic heterocycles. The van der Waals surface area contributed by atoms with E-state index in [2.05, 4.69) is 15.2 Å². The highest BCUT2D eigenvalue weighted by molar-refractivity contribution is 8.02. The predicted molar refractivity (Wildman–Crippen MR) is 71.5 cm³/mol. The summed E-state index contributed by atoms with van der Waals surface area (Å²) in [5, 5.41) is 8.96. The number of aryl methyl sites for hydroxylation is 1. The maximum Gasteiger partial charge on any atom is 0.212 e. The number of aromatic nitrogens is 3. The Morgan fingerprint density at radius 2 is 2.16 bits per heavy atom. The number of halogens is 1. The van der Waals surface area contributed by atoms with Crippen LogP contribution in [0.15, 0.2) is 40.9 Å². The van der Waals surface area contributed by atoms with Gasteiger partial charge in [-0.15, -0.1) is 5.10 Å². The number of ketones is 1. The number of hydrogen-bond acceptors (Lipinski definition) is 4. The number of allylic oxidation sites excluding steroid dienone is 1. The number of nitrogens with zero attached hydrogens (tertiary/aromatic N) is 2.